The smallest absolute Gasteiger partial charge is 0.199 e. The molecule has 0 bridgehead atoms. The summed E-state index contributed by atoms with van der Waals surface area (Å²) in [5.41, 5.74) is 0.485. The predicted molar refractivity (Wildman–Crippen MR) is 90.8 cm³/mol. The zero-order valence-electron chi connectivity index (χ0n) is 14.9. The SMILES string of the molecule is COc1cc(OC)c2c(c1)C(=O)C(CC(C)=O)=C(C1OCCCO1)C2=O. The van der Waals surface area contributed by atoms with Crippen molar-refractivity contribution in [3.8, 4) is 11.5 Å². The lowest BCUT2D eigenvalue weighted by Gasteiger charge is -2.30. The first-order valence-corrected chi connectivity index (χ1v) is 8.29. The highest BCUT2D eigenvalue weighted by Gasteiger charge is 2.40. The Hall–Kier alpha value is -2.51. The Balaban J connectivity index is 2.20. The molecule has 0 spiro atoms. The van der Waals surface area contributed by atoms with Gasteiger partial charge in [-0.3, -0.25) is 14.4 Å². The van der Waals surface area contributed by atoms with Gasteiger partial charge >= 0.3 is 0 Å². The summed E-state index contributed by atoms with van der Waals surface area (Å²) in [4.78, 5) is 38.1. The van der Waals surface area contributed by atoms with Crippen LogP contribution in [0.5, 0.6) is 11.5 Å². The van der Waals surface area contributed by atoms with E-state index in [-0.39, 0.29) is 40.2 Å². The molecule has 26 heavy (non-hydrogen) atoms. The Morgan fingerprint density at radius 1 is 1.12 bits per heavy atom. The molecule has 1 fully saturated rings. The average molecular weight is 360 g/mol. The minimum atomic E-state index is -0.963. The van der Waals surface area contributed by atoms with Gasteiger partial charge in [0.05, 0.1) is 38.6 Å². The number of hydrogen-bond donors (Lipinski definition) is 0. The molecular formula is C19H20O7. The molecule has 1 heterocycles. The number of carbonyl (C=O) groups is 3. The summed E-state index contributed by atoms with van der Waals surface area (Å²) in [7, 11) is 2.87. The van der Waals surface area contributed by atoms with Crippen LogP contribution in [0.15, 0.2) is 23.3 Å². The number of Topliss-reactive ketones (excluding diaryl/α,β-unsaturated/α-hetero) is 3. The first-order valence-electron chi connectivity index (χ1n) is 8.29. The number of ether oxygens (including phenoxy) is 4. The van der Waals surface area contributed by atoms with E-state index in [0.717, 1.165) is 0 Å². The van der Waals surface area contributed by atoms with E-state index in [1.165, 1.54) is 27.2 Å². The first-order chi connectivity index (χ1) is 12.5. The van der Waals surface area contributed by atoms with Crippen molar-refractivity contribution in [2.24, 2.45) is 0 Å². The van der Waals surface area contributed by atoms with Gasteiger partial charge in [-0.2, -0.15) is 0 Å². The first kappa shape index (κ1) is 18.3. The maximum atomic E-state index is 13.2. The largest absolute Gasteiger partial charge is 0.497 e. The lowest BCUT2D eigenvalue weighted by atomic mass is 9.81. The molecule has 3 rings (SSSR count). The van der Waals surface area contributed by atoms with Crippen molar-refractivity contribution < 1.29 is 33.3 Å². The molecule has 0 unspecified atom stereocenters. The van der Waals surface area contributed by atoms with E-state index in [9.17, 15) is 14.4 Å². The quantitative estimate of drug-likeness (QED) is 0.795. The van der Waals surface area contributed by atoms with E-state index < -0.39 is 17.9 Å². The van der Waals surface area contributed by atoms with Crippen molar-refractivity contribution >= 4 is 17.3 Å². The van der Waals surface area contributed by atoms with E-state index in [1.54, 1.807) is 6.07 Å². The predicted octanol–water partition coefficient (Wildman–Crippen LogP) is 2.12. The molecule has 1 aromatic rings. The third-order valence-electron chi connectivity index (χ3n) is 4.34. The van der Waals surface area contributed by atoms with Gasteiger partial charge in [0.15, 0.2) is 17.9 Å². The fraction of sp³-hybridized carbons (Fsp3) is 0.421. The second-order valence-corrected chi connectivity index (χ2v) is 6.11. The Morgan fingerprint density at radius 3 is 2.38 bits per heavy atom. The fourth-order valence-electron chi connectivity index (χ4n) is 3.17. The summed E-state index contributed by atoms with van der Waals surface area (Å²) in [6.45, 7) is 2.19. The van der Waals surface area contributed by atoms with E-state index >= 15 is 0 Å². The van der Waals surface area contributed by atoms with Gasteiger partial charge < -0.3 is 18.9 Å². The van der Waals surface area contributed by atoms with E-state index in [1.807, 2.05) is 0 Å². The molecule has 1 aliphatic carbocycles. The van der Waals surface area contributed by atoms with Gasteiger partial charge in [0.2, 0.25) is 0 Å². The van der Waals surface area contributed by atoms with Crippen molar-refractivity contribution in [3.63, 3.8) is 0 Å². The van der Waals surface area contributed by atoms with Gasteiger partial charge in [0, 0.05) is 23.6 Å². The van der Waals surface area contributed by atoms with Crippen LogP contribution < -0.4 is 9.47 Å². The van der Waals surface area contributed by atoms with Crippen molar-refractivity contribution in [2.75, 3.05) is 27.4 Å². The van der Waals surface area contributed by atoms with E-state index in [4.69, 9.17) is 18.9 Å². The van der Waals surface area contributed by atoms with Crippen molar-refractivity contribution in [2.45, 2.75) is 26.1 Å². The number of allylic oxidation sites excluding steroid dienone is 1. The van der Waals surface area contributed by atoms with Gasteiger partial charge in [-0.1, -0.05) is 0 Å². The molecule has 0 N–H and O–H groups in total. The summed E-state index contributed by atoms with van der Waals surface area (Å²) < 4.78 is 21.6. The van der Waals surface area contributed by atoms with Crippen molar-refractivity contribution in [1.29, 1.82) is 0 Å². The van der Waals surface area contributed by atoms with Crippen LogP contribution in [0.2, 0.25) is 0 Å². The van der Waals surface area contributed by atoms with Gasteiger partial charge in [0.1, 0.15) is 17.3 Å². The summed E-state index contributed by atoms with van der Waals surface area (Å²) in [6, 6.07) is 3.03. The zero-order chi connectivity index (χ0) is 18.8. The number of carbonyl (C=O) groups excluding carboxylic acids is 3. The summed E-state index contributed by atoms with van der Waals surface area (Å²) >= 11 is 0. The Bertz CT molecular complexity index is 800. The molecule has 0 aromatic heterocycles. The Kier molecular flexibility index (Phi) is 5.20. The number of hydrogen-bond acceptors (Lipinski definition) is 7. The highest BCUT2D eigenvalue weighted by molar-refractivity contribution is 6.29. The maximum absolute atomic E-state index is 13.2. The lowest BCUT2D eigenvalue weighted by molar-refractivity contribution is -0.154. The molecule has 0 saturated carbocycles. The van der Waals surface area contributed by atoms with Gasteiger partial charge in [-0.15, -0.1) is 0 Å². The topological polar surface area (TPSA) is 88.1 Å². The zero-order valence-corrected chi connectivity index (χ0v) is 14.9. The summed E-state index contributed by atoms with van der Waals surface area (Å²) in [5.74, 6) is -0.458. The third-order valence-corrected chi connectivity index (χ3v) is 4.34. The lowest BCUT2D eigenvalue weighted by Crippen LogP contribution is -2.35. The molecule has 138 valence electrons. The second kappa shape index (κ2) is 7.39. The van der Waals surface area contributed by atoms with Crippen LogP contribution in [0.3, 0.4) is 0 Å². The monoisotopic (exact) mass is 360 g/mol. The normalized spacial score (nSPS) is 18.0. The number of ketones is 3. The van der Waals surface area contributed by atoms with Crippen LogP contribution in [0.25, 0.3) is 0 Å². The van der Waals surface area contributed by atoms with Crippen LogP contribution in [0.1, 0.15) is 40.5 Å². The highest BCUT2D eigenvalue weighted by Crippen LogP contribution is 2.39. The van der Waals surface area contributed by atoms with E-state index in [0.29, 0.717) is 25.4 Å². The van der Waals surface area contributed by atoms with Gasteiger partial charge in [0.25, 0.3) is 0 Å². The van der Waals surface area contributed by atoms with Crippen molar-refractivity contribution in [1.82, 2.24) is 0 Å². The van der Waals surface area contributed by atoms with Crippen LogP contribution in [-0.4, -0.2) is 51.1 Å². The minimum Gasteiger partial charge on any atom is -0.497 e. The third kappa shape index (κ3) is 3.15. The molecule has 1 aromatic carbocycles. The molecule has 1 saturated heterocycles. The number of rotatable bonds is 5. The summed E-state index contributed by atoms with van der Waals surface area (Å²) in [6.07, 6.45) is -0.429. The maximum Gasteiger partial charge on any atom is 0.199 e. The Morgan fingerprint density at radius 2 is 1.81 bits per heavy atom. The van der Waals surface area contributed by atoms with Crippen LogP contribution >= 0.6 is 0 Å². The van der Waals surface area contributed by atoms with Gasteiger partial charge in [-0.05, 0) is 19.4 Å². The average Bonchev–Trinajstić information content (AvgIpc) is 2.65. The Labute approximate surface area is 150 Å². The molecule has 0 radical (unpaired) electrons. The van der Waals surface area contributed by atoms with Gasteiger partial charge in [-0.25, -0.2) is 0 Å². The van der Waals surface area contributed by atoms with Crippen LogP contribution in [-0.2, 0) is 14.3 Å². The number of benzene rings is 1. The molecule has 7 heteroatoms. The molecule has 1 aliphatic heterocycles. The molecular weight excluding hydrogens is 340 g/mol. The fourth-order valence-corrected chi connectivity index (χ4v) is 3.17. The van der Waals surface area contributed by atoms with Crippen LogP contribution in [0, 0.1) is 0 Å². The molecule has 7 nitrogen and oxygen atoms in total. The highest BCUT2D eigenvalue weighted by atomic mass is 16.7. The van der Waals surface area contributed by atoms with Crippen molar-refractivity contribution in [3.05, 3.63) is 34.4 Å². The van der Waals surface area contributed by atoms with Crippen LogP contribution in [0.4, 0.5) is 0 Å². The number of methoxy groups -OCH3 is 2. The standard InChI is InChI=1S/C19H20O7/c1-10(20)7-12-16(19-25-5-4-6-26-19)18(22)15-13(17(12)21)8-11(23-2)9-14(15)24-3/h8-9,19H,4-7H2,1-3H3. The molecule has 2 aliphatic rings. The summed E-state index contributed by atoms with van der Waals surface area (Å²) in [5, 5.41) is 0. The van der Waals surface area contributed by atoms with E-state index in [2.05, 4.69) is 0 Å². The number of fused-ring (bicyclic) bond motifs is 1. The minimum absolute atomic E-state index is 0.0841. The molecule has 0 atom stereocenters. The second-order valence-electron chi connectivity index (χ2n) is 6.11. The molecule has 0 amide bonds.